The van der Waals surface area contributed by atoms with Gasteiger partial charge in [0.05, 0.1) is 24.1 Å². The van der Waals surface area contributed by atoms with Crippen LogP contribution in [0.2, 0.25) is 0 Å². The molecule has 0 fully saturated rings. The van der Waals surface area contributed by atoms with E-state index < -0.39 is 5.82 Å². The number of carbonyl (C=O) groups is 2. The van der Waals surface area contributed by atoms with Gasteiger partial charge in [0, 0.05) is 42.7 Å². The Morgan fingerprint density at radius 2 is 1.84 bits per heavy atom. The quantitative estimate of drug-likeness (QED) is 0.269. The monoisotopic (exact) mass is 496 g/mol. The van der Waals surface area contributed by atoms with E-state index in [2.05, 4.69) is 15.6 Å². The molecule has 0 spiro atoms. The van der Waals surface area contributed by atoms with Crippen LogP contribution in [0.5, 0.6) is 0 Å². The average molecular weight is 497 g/mol. The smallest absolute Gasteiger partial charge is 0.305 e. The van der Waals surface area contributed by atoms with E-state index in [-0.39, 0.29) is 18.3 Å². The van der Waals surface area contributed by atoms with Crippen LogP contribution in [0.15, 0.2) is 79.1 Å². The summed E-state index contributed by atoms with van der Waals surface area (Å²) in [5.74, 6) is -0.162. The van der Waals surface area contributed by atoms with Crippen LogP contribution in [0.1, 0.15) is 23.1 Å². The normalized spacial score (nSPS) is 13.6. The summed E-state index contributed by atoms with van der Waals surface area (Å²) in [6.45, 7) is 0. The number of rotatable bonds is 7. The van der Waals surface area contributed by atoms with E-state index >= 15 is 0 Å². The number of methoxy groups -OCH3 is 1. The number of imidazole rings is 1. The van der Waals surface area contributed by atoms with Gasteiger partial charge in [-0.1, -0.05) is 24.3 Å². The Bertz CT molecular complexity index is 1510. The minimum absolute atomic E-state index is 0.269. The molecule has 0 aliphatic carbocycles. The zero-order valence-electron chi connectivity index (χ0n) is 20.4. The van der Waals surface area contributed by atoms with Crippen LogP contribution in [0.3, 0.4) is 0 Å². The number of esters is 1. The summed E-state index contributed by atoms with van der Waals surface area (Å²) in [5, 5.41) is 6.18. The number of ether oxygens (including phenoxy) is 1. The van der Waals surface area contributed by atoms with E-state index in [0.29, 0.717) is 28.9 Å². The number of hydrogen-bond donors (Lipinski definition) is 2. The lowest BCUT2D eigenvalue weighted by atomic mass is 9.98. The second-order valence-corrected chi connectivity index (χ2v) is 8.73. The first-order valence-electron chi connectivity index (χ1n) is 11.8. The van der Waals surface area contributed by atoms with E-state index in [1.807, 2.05) is 66.3 Å². The van der Waals surface area contributed by atoms with Crippen molar-refractivity contribution in [3.05, 3.63) is 102 Å². The van der Waals surface area contributed by atoms with E-state index in [0.717, 1.165) is 28.2 Å². The van der Waals surface area contributed by atoms with Crippen molar-refractivity contribution in [3.8, 4) is 11.4 Å². The Morgan fingerprint density at radius 1 is 1.08 bits per heavy atom. The second kappa shape index (κ2) is 10.1. The molecule has 37 heavy (non-hydrogen) atoms. The molecule has 1 aliphatic rings. The zero-order chi connectivity index (χ0) is 25.9. The number of nitrogens with one attached hydrogen (secondary N) is 2. The maximum Gasteiger partial charge on any atom is 0.305 e. The van der Waals surface area contributed by atoms with Crippen LogP contribution in [-0.4, -0.2) is 28.5 Å². The number of hydrogen-bond acceptors (Lipinski definition) is 5. The Balaban J connectivity index is 1.52. The fourth-order valence-electron chi connectivity index (χ4n) is 4.35. The number of anilines is 2. The molecule has 5 rings (SSSR count). The number of nitrogens with zero attached hydrogens (tertiary/aromatic N) is 2. The largest absolute Gasteiger partial charge is 0.469 e. The molecular formula is C29H25FN4O3. The summed E-state index contributed by atoms with van der Waals surface area (Å²) in [6.07, 6.45) is 4.46. The van der Waals surface area contributed by atoms with E-state index in [1.54, 1.807) is 12.3 Å². The number of benzene rings is 3. The molecule has 0 saturated carbocycles. The Hall–Kier alpha value is -4.72. The molecule has 3 aromatic carbocycles. The van der Waals surface area contributed by atoms with E-state index in [4.69, 9.17) is 4.74 Å². The van der Waals surface area contributed by atoms with Crippen molar-refractivity contribution >= 4 is 34.5 Å². The van der Waals surface area contributed by atoms with Gasteiger partial charge in [-0.2, -0.15) is 0 Å². The van der Waals surface area contributed by atoms with Crippen molar-refractivity contribution in [2.45, 2.75) is 12.8 Å². The lowest BCUT2D eigenvalue weighted by Gasteiger charge is -2.16. The molecule has 8 heteroatoms. The first-order valence-corrected chi connectivity index (χ1v) is 11.8. The summed E-state index contributed by atoms with van der Waals surface area (Å²) in [5.41, 5.74) is 5.54. The SMILES string of the molecule is COC(=O)CCc1ccc(C(Nc2ccc(-c3nccn3C)cc2)=C2C(=O)Nc3cc(F)ccc32)cc1. The molecule has 2 heterocycles. The summed E-state index contributed by atoms with van der Waals surface area (Å²) in [6, 6.07) is 19.7. The molecule has 0 radical (unpaired) electrons. The van der Waals surface area contributed by atoms with Crippen molar-refractivity contribution < 1.29 is 18.7 Å². The van der Waals surface area contributed by atoms with Gasteiger partial charge in [0.25, 0.3) is 5.91 Å². The van der Waals surface area contributed by atoms with Crippen molar-refractivity contribution in [2.24, 2.45) is 7.05 Å². The topological polar surface area (TPSA) is 85.2 Å². The Morgan fingerprint density at radius 3 is 2.51 bits per heavy atom. The van der Waals surface area contributed by atoms with E-state index in [1.165, 1.54) is 19.2 Å². The van der Waals surface area contributed by atoms with E-state index in [9.17, 15) is 14.0 Å². The van der Waals surface area contributed by atoms with Crippen molar-refractivity contribution in [2.75, 3.05) is 17.7 Å². The van der Waals surface area contributed by atoms with Crippen molar-refractivity contribution in [1.29, 1.82) is 0 Å². The lowest BCUT2D eigenvalue weighted by molar-refractivity contribution is -0.140. The zero-order valence-corrected chi connectivity index (χ0v) is 20.4. The van der Waals surface area contributed by atoms with Gasteiger partial charge in [-0.25, -0.2) is 9.37 Å². The first-order chi connectivity index (χ1) is 17.9. The fraction of sp³-hybridized carbons (Fsp3) is 0.138. The molecule has 1 aliphatic heterocycles. The minimum Gasteiger partial charge on any atom is -0.469 e. The van der Waals surface area contributed by atoms with Gasteiger partial charge in [-0.05, 0) is 60.0 Å². The average Bonchev–Trinajstić information content (AvgIpc) is 3.48. The van der Waals surface area contributed by atoms with Crippen LogP contribution >= 0.6 is 0 Å². The number of aryl methyl sites for hydroxylation is 2. The molecule has 1 amide bonds. The van der Waals surface area contributed by atoms with Gasteiger partial charge in [0.1, 0.15) is 11.6 Å². The molecular weight excluding hydrogens is 471 g/mol. The summed E-state index contributed by atoms with van der Waals surface area (Å²) in [4.78, 5) is 29.0. The third-order valence-corrected chi connectivity index (χ3v) is 6.30. The highest BCUT2D eigenvalue weighted by Gasteiger charge is 2.29. The molecule has 186 valence electrons. The molecule has 0 bridgehead atoms. The predicted octanol–water partition coefficient (Wildman–Crippen LogP) is 5.26. The molecule has 4 aromatic rings. The Labute approximate surface area is 213 Å². The predicted molar refractivity (Wildman–Crippen MR) is 141 cm³/mol. The van der Waals surface area contributed by atoms with Crippen LogP contribution in [-0.2, 0) is 27.8 Å². The van der Waals surface area contributed by atoms with Gasteiger partial charge in [-0.3, -0.25) is 9.59 Å². The lowest BCUT2D eigenvalue weighted by Crippen LogP contribution is -2.10. The molecule has 1 aromatic heterocycles. The maximum atomic E-state index is 13.8. The highest BCUT2D eigenvalue weighted by atomic mass is 19.1. The highest BCUT2D eigenvalue weighted by molar-refractivity contribution is 6.37. The number of aromatic nitrogens is 2. The standard InChI is InChI=1S/C29H25FN4O3/c1-34-16-15-31-28(34)20-8-11-22(12-9-20)32-27(19-6-3-18(4-7-19)5-14-25(35)37-2)26-23-13-10-21(30)17-24(23)33-29(26)36/h3-4,6-13,15-17,32H,5,14H2,1-2H3,(H,33,36). The van der Waals surface area contributed by atoms with Gasteiger partial charge in [0.2, 0.25) is 0 Å². The maximum absolute atomic E-state index is 13.8. The third kappa shape index (κ3) is 4.99. The Kier molecular flexibility index (Phi) is 6.55. The second-order valence-electron chi connectivity index (χ2n) is 8.73. The van der Waals surface area contributed by atoms with Gasteiger partial charge in [-0.15, -0.1) is 0 Å². The van der Waals surface area contributed by atoms with Crippen LogP contribution in [0.25, 0.3) is 22.7 Å². The van der Waals surface area contributed by atoms with Gasteiger partial charge < -0.3 is 19.9 Å². The van der Waals surface area contributed by atoms with Gasteiger partial charge in [0.15, 0.2) is 0 Å². The minimum atomic E-state index is -0.422. The molecule has 0 unspecified atom stereocenters. The summed E-state index contributed by atoms with van der Waals surface area (Å²) in [7, 11) is 3.31. The molecule has 2 N–H and O–H groups in total. The highest BCUT2D eigenvalue weighted by Crippen LogP contribution is 2.38. The van der Waals surface area contributed by atoms with Crippen molar-refractivity contribution in [3.63, 3.8) is 0 Å². The summed E-state index contributed by atoms with van der Waals surface area (Å²) >= 11 is 0. The number of halogens is 1. The van der Waals surface area contributed by atoms with Crippen molar-refractivity contribution in [1.82, 2.24) is 9.55 Å². The molecule has 0 atom stereocenters. The molecule has 0 saturated heterocycles. The van der Waals surface area contributed by atoms with Crippen LogP contribution in [0.4, 0.5) is 15.8 Å². The van der Waals surface area contributed by atoms with Crippen LogP contribution in [0, 0.1) is 5.82 Å². The molecule has 7 nitrogen and oxygen atoms in total. The number of amides is 1. The number of carbonyl (C=O) groups excluding carboxylic acids is 2. The first kappa shape index (κ1) is 24.0. The number of fused-ring (bicyclic) bond motifs is 1. The fourth-order valence-corrected chi connectivity index (χ4v) is 4.35. The third-order valence-electron chi connectivity index (χ3n) is 6.30. The van der Waals surface area contributed by atoms with Crippen LogP contribution < -0.4 is 10.6 Å². The van der Waals surface area contributed by atoms with Gasteiger partial charge >= 0.3 is 5.97 Å². The summed E-state index contributed by atoms with van der Waals surface area (Å²) < 4.78 is 20.5.